The molecule has 0 bridgehead atoms. The van der Waals surface area contributed by atoms with Crippen molar-refractivity contribution in [1.82, 2.24) is 0 Å². The molecule has 1 rings (SSSR count). The standard InChI is InChI=1S/C7H14O3/c1-9-10-7(8)5-3-2-4-6-7/h8H,2-6H2,1H3. The van der Waals surface area contributed by atoms with Crippen molar-refractivity contribution in [3.05, 3.63) is 0 Å². The summed E-state index contributed by atoms with van der Waals surface area (Å²) in [6.45, 7) is 0. The van der Waals surface area contributed by atoms with Gasteiger partial charge in [-0.05, 0) is 12.8 Å². The number of hydrogen-bond acceptors (Lipinski definition) is 3. The molecular formula is C7H14O3. The zero-order valence-electron chi connectivity index (χ0n) is 6.30. The zero-order chi connectivity index (χ0) is 7.45. The van der Waals surface area contributed by atoms with Crippen LogP contribution in [-0.4, -0.2) is 18.0 Å². The fourth-order valence-electron chi connectivity index (χ4n) is 1.34. The second-order valence-electron chi connectivity index (χ2n) is 2.76. The van der Waals surface area contributed by atoms with Gasteiger partial charge >= 0.3 is 0 Å². The number of hydrogen-bond donors (Lipinski definition) is 1. The van der Waals surface area contributed by atoms with Crippen LogP contribution >= 0.6 is 0 Å². The molecule has 0 unspecified atom stereocenters. The van der Waals surface area contributed by atoms with E-state index in [1.54, 1.807) is 0 Å². The minimum Gasteiger partial charge on any atom is -0.363 e. The molecule has 0 aromatic rings. The Morgan fingerprint density at radius 3 is 2.30 bits per heavy atom. The van der Waals surface area contributed by atoms with E-state index in [0.717, 1.165) is 12.8 Å². The van der Waals surface area contributed by atoms with Crippen molar-refractivity contribution in [2.75, 3.05) is 7.11 Å². The molecule has 0 atom stereocenters. The van der Waals surface area contributed by atoms with Crippen LogP contribution in [0, 0.1) is 0 Å². The summed E-state index contributed by atoms with van der Waals surface area (Å²) < 4.78 is 0. The van der Waals surface area contributed by atoms with Gasteiger partial charge in [-0.25, -0.2) is 9.78 Å². The van der Waals surface area contributed by atoms with Gasteiger partial charge in [0.2, 0.25) is 0 Å². The highest BCUT2D eigenvalue weighted by Gasteiger charge is 2.30. The summed E-state index contributed by atoms with van der Waals surface area (Å²) in [4.78, 5) is 9.16. The number of rotatable bonds is 2. The van der Waals surface area contributed by atoms with E-state index in [4.69, 9.17) is 4.89 Å². The lowest BCUT2D eigenvalue weighted by Gasteiger charge is -2.29. The third kappa shape index (κ3) is 1.94. The molecule has 0 spiro atoms. The molecule has 0 saturated heterocycles. The summed E-state index contributed by atoms with van der Waals surface area (Å²) in [6.07, 6.45) is 4.64. The molecule has 3 nitrogen and oxygen atoms in total. The summed E-state index contributed by atoms with van der Waals surface area (Å²) in [5.41, 5.74) is 0. The van der Waals surface area contributed by atoms with Gasteiger partial charge in [0.25, 0.3) is 0 Å². The zero-order valence-corrected chi connectivity index (χ0v) is 6.30. The first-order chi connectivity index (χ1) is 4.77. The van der Waals surface area contributed by atoms with E-state index in [2.05, 4.69) is 4.89 Å². The molecular weight excluding hydrogens is 132 g/mol. The molecule has 0 radical (unpaired) electrons. The van der Waals surface area contributed by atoms with Crippen molar-refractivity contribution in [3.63, 3.8) is 0 Å². The fraction of sp³-hybridized carbons (Fsp3) is 1.00. The van der Waals surface area contributed by atoms with Gasteiger partial charge < -0.3 is 5.11 Å². The molecule has 60 valence electrons. The van der Waals surface area contributed by atoms with Crippen molar-refractivity contribution < 1.29 is 14.9 Å². The second kappa shape index (κ2) is 3.32. The van der Waals surface area contributed by atoms with E-state index >= 15 is 0 Å². The molecule has 1 fully saturated rings. The van der Waals surface area contributed by atoms with Gasteiger partial charge in [-0.15, -0.1) is 0 Å². The highest BCUT2D eigenvalue weighted by Crippen LogP contribution is 2.28. The van der Waals surface area contributed by atoms with Crippen molar-refractivity contribution in [1.29, 1.82) is 0 Å². The highest BCUT2D eigenvalue weighted by molar-refractivity contribution is 4.70. The predicted octanol–water partition coefficient (Wildman–Crippen LogP) is 1.22. The SMILES string of the molecule is COOC1(O)CCCCC1. The van der Waals surface area contributed by atoms with Crippen LogP contribution in [0.3, 0.4) is 0 Å². The van der Waals surface area contributed by atoms with Crippen molar-refractivity contribution in [3.8, 4) is 0 Å². The minimum atomic E-state index is -0.993. The number of aliphatic hydroxyl groups is 1. The van der Waals surface area contributed by atoms with Crippen molar-refractivity contribution in [2.24, 2.45) is 0 Å². The predicted molar refractivity (Wildman–Crippen MR) is 36.1 cm³/mol. The first-order valence-electron chi connectivity index (χ1n) is 3.71. The van der Waals surface area contributed by atoms with Gasteiger partial charge in [-0.1, -0.05) is 6.42 Å². The van der Waals surface area contributed by atoms with Crippen molar-refractivity contribution in [2.45, 2.75) is 37.9 Å². The normalized spacial score (nSPS) is 24.6. The van der Waals surface area contributed by atoms with E-state index in [0.29, 0.717) is 12.8 Å². The molecule has 0 amide bonds. The van der Waals surface area contributed by atoms with Gasteiger partial charge in [0.15, 0.2) is 5.79 Å². The lowest BCUT2D eigenvalue weighted by Crippen LogP contribution is -2.34. The summed E-state index contributed by atoms with van der Waals surface area (Å²) in [5.74, 6) is -0.993. The molecule has 1 aliphatic rings. The molecule has 1 N–H and O–H groups in total. The van der Waals surface area contributed by atoms with Gasteiger partial charge in [0, 0.05) is 12.8 Å². The van der Waals surface area contributed by atoms with E-state index in [1.165, 1.54) is 13.5 Å². The Labute approximate surface area is 60.9 Å². The monoisotopic (exact) mass is 146 g/mol. The molecule has 0 heterocycles. The van der Waals surface area contributed by atoms with E-state index in [1.807, 2.05) is 0 Å². The van der Waals surface area contributed by atoms with Crippen LogP contribution in [0.25, 0.3) is 0 Å². The first-order valence-corrected chi connectivity index (χ1v) is 3.71. The summed E-state index contributed by atoms with van der Waals surface area (Å²) in [5, 5.41) is 9.52. The molecule has 10 heavy (non-hydrogen) atoms. The Bertz CT molecular complexity index is 91.5. The van der Waals surface area contributed by atoms with Gasteiger partial charge in [-0.2, -0.15) is 0 Å². The second-order valence-corrected chi connectivity index (χ2v) is 2.76. The van der Waals surface area contributed by atoms with E-state index in [-0.39, 0.29) is 0 Å². The van der Waals surface area contributed by atoms with Crippen molar-refractivity contribution >= 4 is 0 Å². The van der Waals surface area contributed by atoms with E-state index in [9.17, 15) is 5.11 Å². The van der Waals surface area contributed by atoms with Crippen LogP contribution in [-0.2, 0) is 9.78 Å². The smallest absolute Gasteiger partial charge is 0.199 e. The topological polar surface area (TPSA) is 38.7 Å². The molecule has 1 aliphatic carbocycles. The minimum absolute atomic E-state index is 0.695. The summed E-state index contributed by atoms with van der Waals surface area (Å²) in [7, 11) is 1.42. The largest absolute Gasteiger partial charge is 0.363 e. The summed E-state index contributed by atoms with van der Waals surface area (Å²) in [6, 6.07) is 0. The lowest BCUT2D eigenvalue weighted by atomic mass is 9.95. The molecule has 0 aromatic heterocycles. The van der Waals surface area contributed by atoms with Crippen LogP contribution in [0.4, 0.5) is 0 Å². The van der Waals surface area contributed by atoms with Gasteiger partial charge in [0.05, 0.1) is 7.11 Å². The third-order valence-electron chi connectivity index (χ3n) is 1.87. The third-order valence-corrected chi connectivity index (χ3v) is 1.87. The Balaban J connectivity index is 2.32. The molecule has 1 saturated carbocycles. The Kier molecular flexibility index (Phi) is 2.65. The maximum absolute atomic E-state index is 9.52. The quantitative estimate of drug-likeness (QED) is 0.361. The van der Waals surface area contributed by atoms with Crippen LogP contribution in [0.2, 0.25) is 0 Å². The maximum Gasteiger partial charge on any atom is 0.199 e. The first kappa shape index (κ1) is 7.98. The van der Waals surface area contributed by atoms with E-state index < -0.39 is 5.79 Å². The fourth-order valence-corrected chi connectivity index (χ4v) is 1.34. The Morgan fingerprint density at radius 2 is 1.80 bits per heavy atom. The highest BCUT2D eigenvalue weighted by atomic mass is 17.2. The molecule has 3 heteroatoms. The summed E-state index contributed by atoms with van der Waals surface area (Å²) >= 11 is 0. The average Bonchev–Trinajstić information content (AvgIpc) is 1.89. The van der Waals surface area contributed by atoms with Crippen LogP contribution < -0.4 is 0 Å². The molecule has 0 aromatic carbocycles. The Hall–Kier alpha value is -0.120. The maximum atomic E-state index is 9.52. The van der Waals surface area contributed by atoms with Crippen LogP contribution in [0.5, 0.6) is 0 Å². The van der Waals surface area contributed by atoms with Gasteiger partial charge in [0.1, 0.15) is 0 Å². The lowest BCUT2D eigenvalue weighted by molar-refractivity contribution is -0.413. The van der Waals surface area contributed by atoms with Gasteiger partial charge in [-0.3, -0.25) is 0 Å². The average molecular weight is 146 g/mol. The van der Waals surface area contributed by atoms with Crippen LogP contribution in [0.1, 0.15) is 32.1 Å². The Morgan fingerprint density at radius 1 is 1.20 bits per heavy atom. The van der Waals surface area contributed by atoms with Crippen LogP contribution in [0.15, 0.2) is 0 Å². The molecule has 0 aliphatic heterocycles.